The first-order chi connectivity index (χ1) is 12.5. The Hall–Kier alpha value is -2.58. The second-order valence-electron chi connectivity index (χ2n) is 5.21. The van der Waals surface area contributed by atoms with Gasteiger partial charge in [0.2, 0.25) is 5.91 Å². The Morgan fingerprint density at radius 1 is 1.35 bits per heavy atom. The first-order valence-corrected chi connectivity index (χ1v) is 8.94. The van der Waals surface area contributed by atoms with E-state index in [1.807, 2.05) is 6.07 Å². The standard InChI is InChI=1S/C17H15ClN4O3S/c1-10-20-17(25-22-10)11-3-6-16(19-8-11)26-9-15(23)21-13-7-12(18)4-5-14(13)24-2/h3-8H,9H2,1-2H3,(H,21,23). The molecule has 1 amide bonds. The molecule has 0 spiro atoms. The number of hydrogen-bond acceptors (Lipinski definition) is 7. The molecule has 26 heavy (non-hydrogen) atoms. The lowest BCUT2D eigenvalue weighted by molar-refractivity contribution is -0.113. The number of aryl methyl sites for hydroxylation is 1. The van der Waals surface area contributed by atoms with Crippen LogP contribution in [-0.2, 0) is 4.79 Å². The van der Waals surface area contributed by atoms with Gasteiger partial charge in [-0.3, -0.25) is 4.79 Å². The van der Waals surface area contributed by atoms with Crippen LogP contribution in [0.4, 0.5) is 5.69 Å². The van der Waals surface area contributed by atoms with E-state index in [4.69, 9.17) is 20.9 Å². The van der Waals surface area contributed by atoms with Gasteiger partial charge in [-0.05, 0) is 37.3 Å². The minimum absolute atomic E-state index is 0.186. The van der Waals surface area contributed by atoms with Crippen molar-refractivity contribution in [2.24, 2.45) is 0 Å². The van der Waals surface area contributed by atoms with Crippen molar-refractivity contribution >= 4 is 35.0 Å². The fourth-order valence-electron chi connectivity index (χ4n) is 2.11. The second kappa shape index (κ2) is 8.20. The molecule has 0 aliphatic heterocycles. The molecule has 7 nitrogen and oxygen atoms in total. The van der Waals surface area contributed by atoms with Gasteiger partial charge in [0.15, 0.2) is 5.82 Å². The molecule has 0 fully saturated rings. The molecule has 134 valence electrons. The number of ether oxygens (including phenoxy) is 1. The second-order valence-corrected chi connectivity index (χ2v) is 6.65. The number of carbonyl (C=O) groups is 1. The van der Waals surface area contributed by atoms with Gasteiger partial charge in [0, 0.05) is 11.2 Å². The zero-order valence-corrected chi connectivity index (χ0v) is 15.6. The van der Waals surface area contributed by atoms with Crippen molar-refractivity contribution in [3.05, 3.63) is 47.4 Å². The highest BCUT2D eigenvalue weighted by atomic mass is 35.5. The fourth-order valence-corrected chi connectivity index (χ4v) is 2.92. The van der Waals surface area contributed by atoms with Gasteiger partial charge in [-0.2, -0.15) is 4.98 Å². The highest BCUT2D eigenvalue weighted by Gasteiger charge is 2.10. The lowest BCUT2D eigenvalue weighted by atomic mass is 10.3. The Balaban J connectivity index is 1.59. The fraction of sp³-hybridized carbons (Fsp3) is 0.176. The minimum Gasteiger partial charge on any atom is -0.495 e. The summed E-state index contributed by atoms with van der Waals surface area (Å²) in [7, 11) is 1.53. The van der Waals surface area contributed by atoms with Gasteiger partial charge in [0.05, 0.1) is 29.1 Å². The summed E-state index contributed by atoms with van der Waals surface area (Å²) in [5, 5.41) is 7.75. The number of carbonyl (C=O) groups excluding carboxylic acids is 1. The Kier molecular flexibility index (Phi) is 5.75. The summed E-state index contributed by atoms with van der Waals surface area (Å²) >= 11 is 7.27. The number of methoxy groups -OCH3 is 1. The van der Waals surface area contributed by atoms with Crippen LogP contribution in [0.15, 0.2) is 46.1 Å². The SMILES string of the molecule is COc1ccc(Cl)cc1NC(=O)CSc1ccc(-c2nc(C)no2)cn1. The number of amides is 1. The van der Waals surface area contributed by atoms with Crippen LogP contribution in [0.3, 0.4) is 0 Å². The van der Waals surface area contributed by atoms with Crippen LogP contribution in [0, 0.1) is 6.92 Å². The molecule has 0 saturated carbocycles. The lowest BCUT2D eigenvalue weighted by Crippen LogP contribution is -2.14. The van der Waals surface area contributed by atoms with E-state index in [1.165, 1.54) is 18.9 Å². The maximum absolute atomic E-state index is 12.2. The van der Waals surface area contributed by atoms with Crippen LogP contribution in [-0.4, -0.2) is 33.9 Å². The third-order valence-electron chi connectivity index (χ3n) is 3.30. The van der Waals surface area contributed by atoms with Crippen LogP contribution in [0.5, 0.6) is 5.75 Å². The normalized spacial score (nSPS) is 10.6. The summed E-state index contributed by atoms with van der Waals surface area (Å²) in [6, 6.07) is 8.65. The zero-order valence-electron chi connectivity index (χ0n) is 14.0. The third-order valence-corrected chi connectivity index (χ3v) is 4.48. The Labute approximate surface area is 159 Å². The molecule has 0 bridgehead atoms. The van der Waals surface area contributed by atoms with E-state index in [2.05, 4.69) is 20.4 Å². The Morgan fingerprint density at radius 3 is 2.85 bits per heavy atom. The average Bonchev–Trinajstić information content (AvgIpc) is 3.07. The molecule has 0 atom stereocenters. The van der Waals surface area contributed by atoms with Crippen LogP contribution in [0.1, 0.15) is 5.82 Å². The molecule has 9 heteroatoms. The van der Waals surface area contributed by atoms with E-state index in [9.17, 15) is 4.79 Å². The molecule has 2 aromatic heterocycles. The maximum Gasteiger partial charge on any atom is 0.259 e. The van der Waals surface area contributed by atoms with Crippen molar-refractivity contribution < 1.29 is 14.1 Å². The zero-order chi connectivity index (χ0) is 18.5. The topological polar surface area (TPSA) is 90.1 Å². The summed E-state index contributed by atoms with van der Waals surface area (Å²) in [6.07, 6.45) is 1.63. The molecular weight excluding hydrogens is 376 g/mol. The van der Waals surface area contributed by atoms with E-state index in [0.29, 0.717) is 33.2 Å². The van der Waals surface area contributed by atoms with Crippen LogP contribution in [0.25, 0.3) is 11.5 Å². The van der Waals surface area contributed by atoms with Crippen molar-refractivity contribution in [2.75, 3.05) is 18.2 Å². The summed E-state index contributed by atoms with van der Waals surface area (Å²) in [6.45, 7) is 1.75. The smallest absolute Gasteiger partial charge is 0.259 e. The number of aromatic nitrogens is 3. The monoisotopic (exact) mass is 390 g/mol. The molecular formula is C17H15ClN4O3S. The number of hydrogen-bond donors (Lipinski definition) is 1. The number of rotatable bonds is 6. The summed E-state index contributed by atoms with van der Waals surface area (Å²) in [5.41, 5.74) is 1.25. The number of pyridine rings is 1. The lowest BCUT2D eigenvalue weighted by Gasteiger charge is -2.10. The number of halogens is 1. The molecule has 3 aromatic rings. The van der Waals surface area contributed by atoms with E-state index in [-0.39, 0.29) is 11.7 Å². The van der Waals surface area contributed by atoms with Gasteiger partial charge < -0.3 is 14.6 Å². The highest BCUT2D eigenvalue weighted by molar-refractivity contribution is 7.99. The molecule has 0 aliphatic rings. The van der Waals surface area contributed by atoms with Gasteiger partial charge in [-0.1, -0.05) is 28.5 Å². The number of thioether (sulfide) groups is 1. The number of nitrogens with one attached hydrogen (secondary N) is 1. The molecule has 1 N–H and O–H groups in total. The largest absolute Gasteiger partial charge is 0.495 e. The molecule has 3 rings (SSSR count). The molecule has 0 unspecified atom stereocenters. The summed E-state index contributed by atoms with van der Waals surface area (Å²) in [4.78, 5) is 20.6. The molecule has 0 radical (unpaired) electrons. The quantitative estimate of drug-likeness (QED) is 0.639. The maximum atomic E-state index is 12.2. The van der Waals surface area contributed by atoms with Crippen molar-refractivity contribution in [3.63, 3.8) is 0 Å². The van der Waals surface area contributed by atoms with Crippen molar-refractivity contribution in [2.45, 2.75) is 11.9 Å². The summed E-state index contributed by atoms with van der Waals surface area (Å²) in [5.74, 6) is 1.53. The van der Waals surface area contributed by atoms with Gasteiger partial charge in [-0.25, -0.2) is 4.98 Å². The third kappa shape index (κ3) is 4.53. The first kappa shape index (κ1) is 18.2. The number of anilines is 1. The van der Waals surface area contributed by atoms with Gasteiger partial charge in [-0.15, -0.1) is 0 Å². The molecule has 2 heterocycles. The van der Waals surface area contributed by atoms with Crippen molar-refractivity contribution in [3.8, 4) is 17.2 Å². The molecule has 1 aromatic carbocycles. The van der Waals surface area contributed by atoms with Crippen LogP contribution >= 0.6 is 23.4 Å². The predicted octanol–water partition coefficient (Wildman–Crippen LogP) is 3.83. The first-order valence-electron chi connectivity index (χ1n) is 7.58. The van der Waals surface area contributed by atoms with Crippen LogP contribution < -0.4 is 10.1 Å². The van der Waals surface area contributed by atoms with Crippen LogP contribution in [0.2, 0.25) is 5.02 Å². The molecule has 0 aliphatic carbocycles. The Morgan fingerprint density at radius 2 is 2.19 bits per heavy atom. The van der Waals surface area contributed by atoms with Gasteiger partial charge in [0.1, 0.15) is 5.75 Å². The number of nitrogens with zero attached hydrogens (tertiary/aromatic N) is 3. The average molecular weight is 391 g/mol. The highest BCUT2D eigenvalue weighted by Crippen LogP contribution is 2.28. The Bertz CT molecular complexity index is 915. The van der Waals surface area contributed by atoms with E-state index in [1.54, 1.807) is 37.4 Å². The van der Waals surface area contributed by atoms with E-state index in [0.717, 1.165) is 5.56 Å². The van der Waals surface area contributed by atoms with Gasteiger partial charge >= 0.3 is 0 Å². The van der Waals surface area contributed by atoms with E-state index >= 15 is 0 Å². The van der Waals surface area contributed by atoms with E-state index < -0.39 is 0 Å². The van der Waals surface area contributed by atoms with Crippen molar-refractivity contribution in [1.82, 2.24) is 15.1 Å². The predicted molar refractivity (Wildman–Crippen MR) is 99.6 cm³/mol. The number of benzene rings is 1. The summed E-state index contributed by atoms with van der Waals surface area (Å²) < 4.78 is 10.3. The molecule has 0 saturated heterocycles. The minimum atomic E-state index is -0.186. The van der Waals surface area contributed by atoms with Gasteiger partial charge in [0.25, 0.3) is 5.89 Å². The van der Waals surface area contributed by atoms with Crippen molar-refractivity contribution in [1.29, 1.82) is 0 Å².